The average molecular weight is 358 g/mol. The summed E-state index contributed by atoms with van der Waals surface area (Å²) in [6.45, 7) is 6.81. The maximum atomic E-state index is 12.4. The van der Waals surface area contributed by atoms with Crippen molar-refractivity contribution in [3.63, 3.8) is 0 Å². The van der Waals surface area contributed by atoms with E-state index in [9.17, 15) is 9.59 Å². The molecule has 0 radical (unpaired) electrons. The monoisotopic (exact) mass is 358 g/mol. The quantitative estimate of drug-likeness (QED) is 0.712. The van der Waals surface area contributed by atoms with Gasteiger partial charge in [-0.2, -0.15) is 0 Å². The third-order valence-corrected chi connectivity index (χ3v) is 5.08. The summed E-state index contributed by atoms with van der Waals surface area (Å²) < 4.78 is 3.29. The maximum absolute atomic E-state index is 12.4. The highest BCUT2D eigenvalue weighted by atomic mass is 32.2. The average Bonchev–Trinajstić information content (AvgIpc) is 2.91. The highest BCUT2D eigenvalue weighted by molar-refractivity contribution is 7.99. The van der Waals surface area contributed by atoms with Crippen LogP contribution >= 0.6 is 11.8 Å². The summed E-state index contributed by atoms with van der Waals surface area (Å²) in [6.07, 6.45) is 0.991. The first-order valence-electron chi connectivity index (χ1n) is 8.34. The minimum absolute atomic E-state index is 0.314. The topological polar surface area (TPSA) is 72.7 Å². The molecule has 1 aromatic carbocycles. The molecule has 3 aromatic rings. The first kappa shape index (κ1) is 17.5. The van der Waals surface area contributed by atoms with Gasteiger partial charge >= 0.3 is 5.69 Å². The summed E-state index contributed by atoms with van der Waals surface area (Å²) in [5, 5.41) is 1.06. The molecule has 0 unspecified atom stereocenters. The Balaban J connectivity index is 2.17. The Bertz CT molecular complexity index is 1010. The molecule has 2 aromatic heterocycles. The first-order valence-corrected chi connectivity index (χ1v) is 9.22. The zero-order valence-corrected chi connectivity index (χ0v) is 15.7. The van der Waals surface area contributed by atoms with Crippen LogP contribution in [0.5, 0.6) is 0 Å². The van der Waals surface area contributed by atoms with Crippen LogP contribution in [0.2, 0.25) is 0 Å². The van der Waals surface area contributed by atoms with Crippen molar-refractivity contribution in [3.8, 4) is 0 Å². The van der Waals surface area contributed by atoms with Gasteiger partial charge in [0, 0.05) is 12.3 Å². The van der Waals surface area contributed by atoms with E-state index >= 15 is 0 Å². The number of aryl methyl sites for hydroxylation is 2. The molecule has 0 atom stereocenters. The van der Waals surface area contributed by atoms with Gasteiger partial charge in [-0.1, -0.05) is 56.8 Å². The summed E-state index contributed by atoms with van der Waals surface area (Å²) in [4.78, 5) is 31.2. The fourth-order valence-corrected chi connectivity index (χ4v) is 3.57. The van der Waals surface area contributed by atoms with Crippen molar-refractivity contribution in [2.24, 2.45) is 7.05 Å². The van der Waals surface area contributed by atoms with Crippen molar-refractivity contribution in [1.82, 2.24) is 19.1 Å². The van der Waals surface area contributed by atoms with Gasteiger partial charge in [0.05, 0.1) is 6.54 Å². The molecule has 0 bridgehead atoms. The second-order valence-electron chi connectivity index (χ2n) is 6.31. The Hall–Kier alpha value is -2.28. The van der Waals surface area contributed by atoms with Crippen LogP contribution in [0.3, 0.4) is 0 Å². The van der Waals surface area contributed by atoms with Crippen LogP contribution in [-0.2, 0) is 20.0 Å². The Kier molecular flexibility index (Phi) is 4.85. The fraction of sp³-hybridized carbons (Fsp3) is 0.389. The summed E-state index contributed by atoms with van der Waals surface area (Å²) in [7, 11) is 1.62. The van der Waals surface area contributed by atoms with Gasteiger partial charge in [-0.3, -0.25) is 14.3 Å². The van der Waals surface area contributed by atoms with E-state index in [0.717, 1.165) is 17.1 Å². The number of nitrogens with one attached hydrogen (secondary N) is 1. The number of hydrogen-bond acceptors (Lipinski definition) is 4. The Morgan fingerprint density at radius 1 is 1.16 bits per heavy atom. The van der Waals surface area contributed by atoms with Crippen molar-refractivity contribution < 1.29 is 0 Å². The van der Waals surface area contributed by atoms with E-state index in [-0.39, 0.29) is 0 Å². The third kappa shape index (κ3) is 3.42. The van der Waals surface area contributed by atoms with Crippen molar-refractivity contribution in [1.29, 1.82) is 0 Å². The van der Waals surface area contributed by atoms with Gasteiger partial charge in [-0.05, 0) is 17.5 Å². The molecule has 0 aliphatic rings. The number of benzene rings is 1. The largest absolute Gasteiger partial charge is 0.329 e. The van der Waals surface area contributed by atoms with E-state index in [1.165, 1.54) is 10.1 Å². The van der Waals surface area contributed by atoms with E-state index in [1.807, 2.05) is 4.57 Å². The molecular formula is C18H22N4O2S. The standard InChI is InChI=1S/C18H22N4O2S/c1-5-12-6-8-13(9-7-12)10-22-14-15(19-18(22)25-11(2)3)21(4)17(24)20-16(14)23/h6-9,11H,5,10H2,1-4H3,(H,20,23,24). The van der Waals surface area contributed by atoms with Crippen LogP contribution in [-0.4, -0.2) is 24.4 Å². The van der Waals surface area contributed by atoms with Gasteiger partial charge in [0.15, 0.2) is 16.3 Å². The Morgan fingerprint density at radius 2 is 1.80 bits per heavy atom. The highest BCUT2D eigenvalue weighted by Crippen LogP contribution is 2.26. The van der Waals surface area contributed by atoms with Crippen LogP contribution < -0.4 is 11.2 Å². The molecule has 0 amide bonds. The van der Waals surface area contributed by atoms with E-state index in [4.69, 9.17) is 0 Å². The van der Waals surface area contributed by atoms with Gasteiger partial charge in [0.2, 0.25) is 0 Å². The van der Waals surface area contributed by atoms with Gasteiger partial charge in [-0.25, -0.2) is 9.78 Å². The number of thioether (sulfide) groups is 1. The van der Waals surface area contributed by atoms with Crippen molar-refractivity contribution in [2.45, 2.75) is 44.1 Å². The molecule has 7 heteroatoms. The van der Waals surface area contributed by atoms with Crippen LogP contribution in [0.1, 0.15) is 31.9 Å². The van der Waals surface area contributed by atoms with Gasteiger partial charge < -0.3 is 4.57 Å². The van der Waals surface area contributed by atoms with Gasteiger partial charge in [-0.15, -0.1) is 0 Å². The summed E-state index contributed by atoms with van der Waals surface area (Å²) >= 11 is 1.58. The molecule has 25 heavy (non-hydrogen) atoms. The lowest BCUT2D eigenvalue weighted by Gasteiger charge is -2.10. The zero-order valence-electron chi connectivity index (χ0n) is 14.9. The number of fused-ring (bicyclic) bond motifs is 1. The summed E-state index contributed by atoms with van der Waals surface area (Å²) in [6, 6.07) is 8.35. The van der Waals surface area contributed by atoms with Gasteiger partial charge in [0.1, 0.15) is 0 Å². The normalized spacial score (nSPS) is 11.6. The van der Waals surface area contributed by atoms with Crippen LogP contribution in [0, 0.1) is 0 Å². The summed E-state index contributed by atoms with van der Waals surface area (Å²) in [5.74, 6) is 0. The van der Waals surface area contributed by atoms with E-state index in [1.54, 1.807) is 18.8 Å². The number of H-pyrrole nitrogens is 1. The molecule has 132 valence electrons. The number of aromatic nitrogens is 4. The Labute approximate surface area is 149 Å². The minimum Gasteiger partial charge on any atom is -0.309 e. The molecule has 0 aliphatic carbocycles. The number of hydrogen-bond donors (Lipinski definition) is 1. The zero-order chi connectivity index (χ0) is 18.1. The molecule has 2 heterocycles. The molecule has 6 nitrogen and oxygen atoms in total. The molecule has 0 aliphatic heterocycles. The predicted molar refractivity (Wildman–Crippen MR) is 102 cm³/mol. The van der Waals surface area contributed by atoms with Crippen LogP contribution in [0.4, 0.5) is 0 Å². The van der Waals surface area contributed by atoms with Gasteiger partial charge in [0.25, 0.3) is 5.56 Å². The predicted octanol–water partition coefficient (Wildman–Crippen LogP) is 2.53. The molecule has 0 saturated heterocycles. The van der Waals surface area contributed by atoms with Crippen molar-refractivity contribution >= 4 is 22.9 Å². The highest BCUT2D eigenvalue weighted by Gasteiger charge is 2.18. The molecule has 1 N–H and O–H groups in total. The molecular weight excluding hydrogens is 336 g/mol. The molecule has 0 spiro atoms. The summed E-state index contributed by atoms with van der Waals surface area (Å²) in [5.41, 5.74) is 2.38. The third-order valence-electron chi connectivity index (χ3n) is 4.09. The SMILES string of the molecule is CCc1ccc(Cn2c(SC(C)C)nc3c2c(=O)[nH]c(=O)n3C)cc1. The number of aromatic amines is 1. The van der Waals surface area contributed by atoms with Crippen molar-refractivity contribution in [3.05, 3.63) is 56.2 Å². The van der Waals surface area contributed by atoms with Crippen molar-refractivity contribution in [2.75, 3.05) is 0 Å². The number of rotatable bonds is 5. The molecule has 0 fully saturated rings. The second kappa shape index (κ2) is 6.92. The minimum atomic E-state index is -0.449. The first-order chi connectivity index (χ1) is 11.9. The second-order valence-corrected chi connectivity index (χ2v) is 7.85. The van der Waals surface area contributed by atoms with E-state index in [0.29, 0.717) is 23.0 Å². The van der Waals surface area contributed by atoms with Crippen LogP contribution in [0.25, 0.3) is 11.2 Å². The lowest BCUT2D eigenvalue weighted by molar-refractivity contribution is 0.726. The lowest BCUT2D eigenvalue weighted by Crippen LogP contribution is -2.29. The number of imidazole rings is 1. The number of nitrogens with zero attached hydrogens (tertiary/aromatic N) is 3. The van der Waals surface area contributed by atoms with E-state index in [2.05, 4.69) is 55.0 Å². The Morgan fingerprint density at radius 3 is 2.40 bits per heavy atom. The lowest BCUT2D eigenvalue weighted by atomic mass is 10.1. The van der Waals surface area contributed by atoms with E-state index < -0.39 is 11.2 Å². The fourth-order valence-electron chi connectivity index (χ4n) is 2.73. The van der Waals surface area contributed by atoms with Crippen LogP contribution in [0.15, 0.2) is 39.0 Å². The smallest absolute Gasteiger partial charge is 0.309 e. The molecule has 0 saturated carbocycles. The maximum Gasteiger partial charge on any atom is 0.329 e. The molecule has 3 rings (SSSR count).